The van der Waals surface area contributed by atoms with E-state index in [0.29, 0.717) is 13.2 Å². The number of amides is 1. The number of ether oxygens (including phenoxy) is 2. The Morgan fingerprint density at radius 1 is 1.07 bits per heavy atom. The van der Waals surface area contributed by atoms with Crippen LogP contribution in [0.2, 0.25) is 0 Å². The number of benzene rings is 1. The molecule has 0 spiro atoms. The van der Waals surface area contributed by atoms with Crippen LogP contribution in [0.5, 0.6) is 0 Å². The fourth-order valence-electron chi connectivity index (χ4n) is 4.06. The molecular weight excluding hydrogens is 427 g/mol. The molecule has 2 aliphatic rings. The van der Waals surface area contributed by atoms with Gasteiger partial charge in [0.2, 0.25) is 5.91 Å². The number of aromatic nitrogens is 1. The van der Waals surface area contributed by atoms with Crippen molar-refractivity contribution >= 4 is 47.3 Å². The van der Waals surface area contributed by atoms with Gasteiger partial charge in [0.1, 0.15) is 0 Å². The SMILES string of the molecule is Cl.Cl.NC(C(=O)Nc1ccc2c(ccn2CCN2CCOCC2)c1)C1CCOCC1. The van der Waals surface area contributed by atoms with Crippen LogP contribution in [0.3, 0.4) is 0 Å². The van der Waals surface area contributed by atoms with E-state index >= 15 is 0 Å². The first kappa shape index (κ1) is 24.9. The topological polar surface area (TPSA) is 81.8 Å². The highest BCUT2D eigenvalue weighted by Gasteiger charge is 2.26. The molecule has 30 heavy (non-hydrogen) atoms. The quantitative estimate of drug-likeness (QED) is 0.694. The van der Waals surface area contributed by atoms with Crippen LogP contribution in [0, 0.1) is 5.92 Å². The minimum atomic E-state index is -0.488. The van der Waals surface area contributed by atoms with Gasteiger partial charge >= 0.3 is 0 Å². The fourth-order valence-corrected chi connectivity index (χ4v) is 4.06. The lowest BCUT2D eigenvalue weighted by molar-refractivity contribution is -0.119. The second-order valence-corrected chi connectivity index (χ2v) is 7.70. The summed E-state index contributed by atoms with van der Waals surface area (Å²) in [6, 6.07) is 7.67. The Balaban J connectivity index is 0.00000160. The molecule has 2 saturated heterocycles. The Labute approximate surface area is 190 Å². The Hall–Kier alpha value is -1.35. The van der Waals surface area contributed by atoms with E-state index in [0.717, 1.165) is 63.3 Å². The number of halogens is 2. The second-order valence-electron chi connectivity index (χ2n) is 7.70. The van der Waals surface area contributed by atoms with Crippen molar-refractivity contribution in [3.63, 3.8) is 0 Å². The molecule has 1 atom stereocenters. The van der Waals surface area contributed by atoms with E-state index in [1.165, 1.54) is 5.52 Å². The minimum absolute atomic E-state index is 0. The number of anilines is 1. The van der Waals surface area contributed by atoms with Crippen LogP contribution in [0.15, 0.2) is 30.5 Å². The number of fused-ring (bicyclic) bond motifs is 1. The molecule has 4 rings (SSSR count). The van der Waals surface area contributed by atoms with E-state index in [4.69, 9.17) is 15.2 Å². The van der Waals surface area contributed by atoms with Crippen LogP contribution in [0.1, 0.15) is 12.8 Å². The summed E-state index contributed by atoms with van der Waals surface area (Å²) in [5.74, 6) is 0.0803. The summed E-state index contributed by atoms with van der Waals surface area (Å²) in [6.07, 6.45) is 3.81. The number of hydrogen-bond acceptors (Lipinski definition) is 5. The first-order valence-electron chi connectivity index (χ1n) is 10.2. The van der Waals surface area contributed by atoms with Crippen molar-refractivity contribution in [3.05, 3.63) is 30.5 Å². The summed E-state index contributed by atoms with van der Waals surface area (Å²) in [4.78, 5) is 15.0. The van der Waals surface area contributed by atoms with Crippen LogP contribution in [-0.2, 0) is 20.8 Å². The van der Waals surface area contributed by atoms with E-state index < -0.39 is 6.04 Å². The Morgan fingerprint density at radius 2 is 1.77 bits per heavy atom. The van der Waals surface area contributed by atoms with Gasteiger partial charge in [-0.2, -0.15) is 0 Å². The number of hydrogen-bond donors (Lipinski definition) is 2. The summed E-state index contributed by atoms with van der Waals surface area (Å²) in [7, 11) is 0. The van der Waals surface area contributed by atoms with Crippen molar-refractivity contribution in [1.29, 1.82) is 0 Å². The van der Waals surface area contributed by atoms with E-state index in [1.807, 2.05) is 12.1 Å². The minimum Gasteiger partial charge on any atom is -0.381 e. The molecule has 3 N–H and O–H groups in total. The zero-order valence-corrected chi connectivity index (χ0v) is 18.8. The second kappa shape index (κ2) is 11.9. The molecule has 7 nitrogen and oxygen atoms in total. The maximum Gasteiger partial charge on any atom is 0.241 e. The van der Waals surface area contributed by atoms with Crippen molar-refractivity contribution in [2.75, 3.05) is 51.4 Å². The molecule has 3 heterocycles. The highest BCUT2D eigenvalue weighted by Crippen LogP contribution is 2.22. The number of rotatable bonds is 6. The standard InChI is InChI=1S/C21H30N4O3.2ClH/c22-20(16-4-11-27-12-5-16)21(26)23-18-1-2-19-17(15-18)3-6-25(19)8-7-24-9-13-28-14-10-24;;/h1-3,6,15-16,20H,4-5,7-14,22H2,(H,23,26);2*1H. The third-order valence-corrected chi connectivity index (χ3v) is 5.88. The van der Waals surface area contributed by atoms with Crippen LogP contribution in [0.25, 0.3) is 10.9 Å². The summed E-state index contributed by atoms with van der Waals surface area (Å²) in [6.45, 7) is 7.00. The maximum atomic E-state index is 12.5. The molecule has 2 aromatic rings. The lowest BCUT2D eigenvalue weighted by Gasteiger charge is -2.27. The zero-order chi connectivity index (χ0) is 19.3. The van der Waals surface area contributed by atoms with Gasteiger partial charge in [-0.15, -0.1) is 24.8 Å². The monoisotopic (exact) mass is 458 g/mol. The molecule has 2 fully saturated rings. The predicted octanol–water partition coefficient (Wildman–Crippen LogP) is 2.51. The van der Waals surface area contributed by atoms with Gasteiger partial charge in [-0.05, 0) is 43.0 Å². The highest BCUT2D eigenvalue weighted by atomic mass is 35.5. The smallest absolute Gasteiger partial charge is 0.241 e. The molecule has 0 aliphatic carbocycles. The van der Waals surface area contributed by atoms with Gasteiger partial charge in [0.25, 0.3) is 0 Å². The molecule has 1 amide bonds. The predicted molar refractivity (Wildman–Crippen MR) is 124 cm³/mol. The third kappa shape index (κ3) is 6.09. The van der Waals surface area contributed by atoms with Gasteiger partial charge in [-0.3, -0.25) is 9.69 Å². The molecule has 0 bridgehead atoms. The van der Waals surface area contributed by atoms with Crippen molar-refractivity contribution in [2.24, 2.45) is 11.7 Å². The van der Waals surface area contributed by atoms with Crippen LogP contribution >= 0.6 is 24.8 Å². The molecule has 1 aromatic heterocycles. The molecule has 0 radical (unpaired) electrons. The molecule has 0 saturated carbocycles. The van der Waals surface area contributed by atoms with E-state index in [9.17, 15) is 4.79 Å². The van der Waals surface area contributed by atoms with Crippen LogP contribution in [0.4, 0.5) is 5.69 Å². The van der Waals surface area contributed by atoms with Gasteiger partial charge < -0.3 is 25.1 Å². The summed E-state index contributed by atoms with van der Waals surface area (Å²) in [5.41, 5.74) is 8.16. The number of morpholine rings is 1. The van der Waals surface area contributed by atoms with Crippen LogP contribution in [-0.4, -0.2) is 67.5 Å². The highest BCUT2D eigenvalue weighted by molar-refractivity contribution is 5.97. The summed E-state index contributed by atoms with van der Waals surface area (Å²) >= 11 is 0. The van der Waals surface area contributed by atoms with Gasteiger partial charge in [0.15, 0.2) is 0 Å². The number of nitrogens with one attached hydrogen (secondary N) is 1. The van der Waals surface area contributed by atoms with Gasteiger partial charge in [-0.1, -0.05) is 0 Å². The molecule has 2 aliphatic heterocycles. The largest absolute Gasteiger partial charge is 0.381 e. The number of carbonyl (C=O) groups is 1. The van der Waals surface area contributed by atoms with Crippen molar-refractivity contribution in [3.8, 4) is 0 Å². The summed E-state index contributed by atoms with van der Waals surface area (Å²) < 4.78 is 13.0. The lowest BCUT2D eigenvalue weighted by Crippen LogP contribution is -2.43. The Morgan fingerprint density at radius 3 is 2.50 bits per heavy atom. The average Bonchev–Trinajstić information content (AvgIpc) is 3.15. The molecular formula is C21H32Cl2N4O3. The fraction of sp³-hybridized carbons (Fsp3) is 0.571. The molecule has 9 heteroatoms. The van der Waals surface area contributed by atoms with E-state index in [1.54, 1.807) is 0 Å². The van der Waals surface area contributed by atoms with Crippen molar-refractivity contribution < 1.29 is 14.3 Å². The van der Waals surface area contributed by atoms with Crippen LogP contribution < -0.4 is 11.1 Å². The molecule has 1 unspecified atom stereocenters. The molecule has 168 valence electrons. The maximum absolute atomic E-state index is 12.5. The third-order valence-electron chi connectivity index (χ3n) is 5.88. The zero-order valence-electron chi connectivity index (χ0n) is 17.1. The van der Waals surface area contributed by atoms with E-state index in [-0.39, 0.29) is 36.6 Å². The van der Waals surface area contributed by atoms with E-state index in [2.05, 4.69) is 33.1 Å². The van der Waals surface area contributed by atoms with Crippen molar-refractivity contribution in [1.82, 2.24) is 9.47 Å². The summed E-state index contributed by atoms with van der Waals surface area (Å²) in [5, 5.41) is 4.11. The Kier molecular flexibility index (Phi) is 9.87. The lowest BCUT2D eigenvalue weighted by atomic mass is 9.92. The number of carbonyl (C=O) groups excluding carboxylic acids is 1. The normalized spacial score (nSPS) is 19.0. The first-order chi connectivity index (χ1) is 13.7. The number of nitrogens with zero attached hydrogens (tertiary/aromatic N) is 2. The average molecular weight is 459 g/mol. The van der Waals surface area contributed by atoms with Gasteiger partial charge in [0, 0.05) is 62.2 Å². The first-order valence-corrected chi connectivity index (χ1v) is 10.2. The Bertz CT molecular complexity index is 805. The van der Waals surface area contributed by atoms with Gasteiger partial charge in [0.05, 0.1) is 19.3 Å². The van der Waals surface area contributed by atoms with Crippen molar-refractivity contribution in [2.45, 2.75) is 25.4 Å². The van der Waals surface area contributed by atoms with Gasteiger partial charge in [-0.25, -0.2) is 0 Å². The number of nitrogens with two attached hydrogens (primary N) is 1. The molecule has 1 aromatic carbocycles.